The van der Waals surface area contributed by atoms with Gasteiger partial charge in [0.1, 0.15) is 5.82 Å². The first kappa shape index (κ1) is 15.3. The third kappa shape index (κ3) is 2.41. The maximum atomic E-state index is 13.2. The van der Waals surface area contributed by atoms with Gasteiger partial charge in [-0.3, -0.25) is 4.79 Å². The second-order valence-corrected chi connectivity index (χ2v) is 7.40. The number of hydrogen-bond donors (Lipinski definition) is 2. The molecule has 1 heterocycles. The zero-order valence-electron chi connectivity index (χ0n) is 13.7. The third-order valence-corrected chi connectivity index (χ3v) is 4.90. The number of halogens is 1. The molecule has 0 aliphatic heterocycles. The summed E-state index contributed by atoms with van der Waals surface area (Å²) in [6, 6.07) is 6.16. The maximum Gasteiger partial charge on any atom is 0.272 e. The van der Waals surface area contributed by atoms with Crippen molar-refractivity contribution in [2.75, 3.05) is 6.61 Å². The van der Waals surface area contributed by atoms with Crippen LogP contribution in [-0.2, 0) is 6.42 Å². The average molecular weight is 329 g/mol. The van der Waals surface area contributed by atoms with E-state index in [1.807, 2.05) is 0 Å². The van der Waals surface area contributed by atoms with Crippen LogP contribution >= 0.6 is 0 Å². The minimum atomic E-state index is -0.703. The van der Waals surface area contributed by atoms with Crippen LogP contribution in [0, 0.1) is 11.7 Å². The van der Waals surface area contributed by atoms with Gasteiger partial charge in [0.15, 0.2) is 5.69 Å². The van der Waals surface area contributed by atoms with Crippen LogP contribution in [0.2, 0.25) is 0 Å². The first-order valence-electron chi connectivity index (χ1n) is 8.21. The highest BCUT2D eigenvalue weighted by Crippen LogP contribution is 2.57. The van der Waals surface area contributed by atoms with Crippen molar-refractivity contribution >= 4 is 5.91 Å². The smallest absolute Gasteiger partial charge is 0.272 e. The molecule has 2 aliphatic rings. The fraction of sp³-hybridized carbons (Fsp3) is 0.444. The summed E-state index contributed by atoms with van der Waals surface area (Å²) >= 11 is 0. The molecule has 0 bridgehead atoms. The van der Waals surface area contributed by atoms with E-state index in [9.17, 15) is 14.3 Å². The van der Waals surface area contributed by atoms with Crippen molar-refractivity contribution in [1.29, 1.82) is 0 Å². The van der Waals surface area contributed by atoms with E-state index >= 15 is 0 Å². The molecular formula is C18H20FN3O2. The Balaban J connectivity index is 1.75. The third-order valence-electron chi connectivity index (χ3n) is 4.90. The van der Waals surface area contributed by atoms with E-state index < -0.39 is 5.54 Å². The Morgan fingerprint density at radius 2 is 2.12 bits per heavy atom. The summed E-state index contributed by atoms with van der Waals surface area (Å²) in [7, 11) is 0. The van der Waals surface area contributed by atoms with Crippen molar-refractivity contribution < 1.29 is 14.3 Å². The summed E-state index contributed by atoms with van der Waals surface area (Å²) in [6.45, 7) is 3.38. The Morgan fingerprint density at radius 3 is 2.79 bits per heavy atom. The summed E-state index contributed by atoms with van der Waals surface area (Å²) in [4.78, 5) is 12.6. The van der Waals surface area contributed by atoms with Gasteiger partial charge >= 0.3 is 0 Å². The number of amides is 1. The number of aromatic nitrogens is 2. The van der Waals surface area contributed by atoms with Crippen molar-refractivity contribution in [2.45, 2.75) is 38.1 Å². The van der Waals surface area contributed by atoms with Crippen LogP contribution in [0.5, 0.6) is 0 Å². The molecule has 1 saturated carbocycles. The fourth-order valence-electron chi connectivity index (χ4n) is 3.48. The average Bonchev–Trinajstić information content (AvgIpc) is 3.04. The molecule has 1 aromatic heterocycles. The Kier molecular flexibility index (Phi) is 3.28. The van der Waals surface area contributed by atoms with Crippen LogP contribution in [0.3, 0.4) is 0 Å². The van der Waals surface area contributed by atoms with Crippen LogP contribution in [-0.4, -0.2) is 32.9 Å². The SMILES string of the molecule is CC(C)(CO)NC(=O)c1nn(-c2ccc(F)cc2)c2c1C[C@H]1C[C@@H]21. The molecule has 24 heavy (non-hydrogen) atoms. The molecule has 0 spiro atoms. The number of aliphatic hydroxyl groups excluding tert-OH is 1. The highest BCUT2D eigenvalue weighted by molar-refractivity contribution is 5.95. The van der Waals surface area contributed by atoms with Crippen LogP contribution < -0.4 is 5.32 Å². The lowest BCUT2D eigenvalue weighted by atomic mass is 10.1. The number of carbonyl (C=O) groups excluding carboxylic acids is 1. The molecule has 1 fully saturated rings. The second-order valence-electron chi connectivity index (χ2n) is 7.40. The van der Waals surface area contributed by atoms with E-state index in [0.29, 0.717) is 17.5 Å². The standard InChI is InChI=1S/C18H20FN3O2/c1-18(2,9-23)20-17(24)15-14-8-10-7-13(10)16(14)22(21-15)12-5-3-11(19)4-6-12/h3-6,10,13,23H,7-9H2,1-2H3,(H,20,24)/t10-,13-/m1/s1. The number of nitrogens with one attached hydrogen (secondary N) is 1. The van der Waals surface area contributed by atoms with Crippen molar-refractivity contribution in [1.82, 2.24) is 15.1 Å². The van der Waals surface area contributed by atoms with E-state index in [0.717, 1.165) is 29.8 Å². The van der Waals surface area contributed by atoms with Crippen LogP contribution in [0.1, 0.15) is 47.9 Å². The van der Waals surface area contributed by atoms with Gasteiger partial charge in [-0.25, -0.2) is 9.07 Å². The zero-order chi connectivity index (χ0) is 17.1. The predicted octanol–water partition coefficient (Wildman–Crippen LogP) is 2.17. The lowest BCUT2D eigenvalue weighted by Crippen LogP contribution is -2.46. The van der Waals surface area contributed by atoms with Gasteiger partial charge in [0.05, 0.1) is 23.5 Å². The number of fused-ring (bicyclic) bond motifs is 3. The summed E-state index contributed by atoms with van der Waals surface area (Å²) in [5, 5.41) is 16.7. The normalized spacial score (nSPS) is 21.3. The first-order chi connectivity index (χ1) is 11.4. The van der Waals surface area contributed by atoms with E-state index in [-0.39, 0.29) is 18.3 Å². The van der Waals surface area contributed by atoms with Crippen molar-refractivity contribution in [3.05, 3.63) is 47.0 Å². The van der Waals surface area contributed by atoms with Gasteiger partial charge in [-0.05, 0) is 56.9 Å². The van der Waals surface area contributed by atoms with Crippen molar-refractivity contribution in [3.8, 4) is 5.69 Å². The van der Waals surface area contributed by atoms with E-state index in [1.165, 1.54) is 12.1 Å². The molecule has 2 N–H and O–H groups in total. The van der Waals surface area contributed by atoms with Gasteiger partial charge < -0.3 is 10.4 Å². The Bertz CT molecular complexity index is 810. The topological polar surface area (TPSA) is 67.2 Å². The molecular weight excluding hydrogens is 309 g/mol. The van der Waals surface area contributed by atoms with Gasteiger partial charge in [-0.1, -0.05) is 0 Å². The molecule has 1 amide bonds. The number of aliphatic hydroxyl groups is 1. The van der Waals surface area contributed by atoms with Crippen LogP contribution in [0.4, 0.5) is 4.39 Å². The van der Waals surface area contributed by atoms with E-state index in [4.69, 9.17) is 0 Å². The summed E-state index contributed by atoms with van der Waals surface area (Å²) in [6.07, 6.45) is 1.99. The molecule has 6 heteroatoms. The molecule has 2 aromatic rings. The Morgan fingerprint density at radius 1 is 1.42 bits per heavy atom. The monoisotopic (exact) mass is 329 g/mol. The van der Waals surface area contributed by atoms with Gasteiger partial charge in [0.25, 0.3) is 5.91 Å². The van der Waals surface area contributed by atoms with E-state index in [2.05, 4.69) is 10.4 Å². The van der Waals surface area contributed by atoms with Crippen molar-refractivity contribution in [2.24, 2.45) is 5.92 Å². The summed E-state index contributed by atoms with van der Waals surface area (Å²) in [5.74, 6) is 0.481. The first-order valence-corrected chi connectivity index (χ1v) is 8.21. The predicted molar refractivity (Wildman–Crippen MR) is 86.7 cm³/mol. The Labute approximate surface area is 139 Å². The number of benzene rings is 1. The largest absolute Gasteiger partial charge is 0.394 e. The van der Waals surface area contributed by atoms with Crippen LogP contribution in [0.25, 0.3) is 5.69 Å². The fourth-order valence-corrected chi connectivity index (χ4v) is 3.48. The highest BCUT2D eigenvalue weighted by Gasteiger charge is 2.50. The molecule has 0 unspecified atom stereocenters. The quantitative estimate of drug-likeness (QED) is 0.903. The molecule has 2 aliphatic carbocycles. The molecule has 5 nitrogen and oxygen atoms in total. The zero-order valence-corrected chi connectivity index (χ0v) is 13.7. The maximum absolute atomic E-state index is 13.2. The van der Waals surface area contributed by atoms with Crippen LogP contribution in [0.15, 0.2) is 24.3 Å². The minimum Gasteiger partial charge on any atom is -0.394 e. The lowest BCUT2D eigenvalue weighted by molar-refractivity contribution is 0.0863. The molecule has 0 radical (unpaired) electrons. The number of rotatable bonds is 4. The number of hydrogen-bond acceptors (Lipinski definition) is 3. The second kappa shape index (κ2) is 5.14. The molecule has 1 aromatic carbocycles. The molecule has 0 saturated heterocycles. The molecule has 126 valence electrons. The number of nitrogens with zero attached hydrogens (tertiary/aromatic N) is 2. The number of carbonyl (C=O) groups is 1. The van der Waals surface area contributed by atoms with E-state index in [1.54, 1.807) is 30.7 Å². The Hall–Kier alpha value is -2.21. The van der Waals surface area contributed by atoms with Gasteiger partial charge in [0.2, 0.25) is 0 Å². The highest BCUT2D eigenvalue weighted by atomic mass is 19.1. The minimum absolute atomic E-state index is 0.148. The summed E-state index contributed by atoms with van der Waals surface area (Å²) in [5.41, 5.74) is 2.56. The molecule has 2 atom stereocenters. The van der Waals surface area contributed by atoms with Crippen molar-refractivity contribution in [3.63, 3.8) is 0 Å². The van der Waals surface area contributed by atoms with Gasteiger partial charge in [-0.2, -0.15) is 5.10 Å². The van der Waals surface area contributed by atoms with Gasteiger partial charge in [-0.15, -0.1) is 0 Å². The summed E-state index contributed by atoms with van der Waals surface area (Å²) < 4.78 is 15.0. The lowest BCUT2D eigenvalue weighted by Gasteiger charge is -2.23. The molecule has 4 rings (SSSR count). The van der Waals surface area contributed by atoms with Gasteiger partial charge in [0, 0.05) is 11.5 Å².